The molecule has 4 nitrogen and oxygen atoms in total. The van der Waals surface area contributed by atoms with Gasteiger partial charge in [-0.1, -0.05) is 18.2 Å². The fourth-order valence-corrected chi connectivity index (χ4v) is 4.61. The van der Waals surface area contributed by atoms with Gasteiger partial charge in [-0.25, -0.2) is 8.78 Å². The van der Waals surface area contributed by atoms with Crippen molar-refractivity contribution in [1.29, 1.82) is 0 Å². The van der Waals surface area contributed by atoms with Crippen molar-refractivity contribution in [2.45, 2.75) is 43.6 Å². The quantitative estimate of drug-likeness (QED) is 0.889. The molecule has 1 aromatic carbocycles. The summed E-state index contributed by atoms with van der Waals surface area (Å²) < 4.78 is 32.4. The van der Waals surface area contributed by atoms with E-state index in [0.717, 1.165) is 17.6 Å². The van der Waals surface area contributed by atoms with E-state index in [9.17, 15) is 13.6 Å². The highest BCUT2D eigenvalue weighted by Crippen LogP contribution is 2.51. The lowest BCUT2D eigenvalue weighted by Crippen LogP contribution is -2.48. The van der Waals surface area contributed by atoms with Crippen molar-refractivity contribution in [3.8, 4) is 0 Å². The highest BCUT2D eigenvalue weighted by Gasteiger charge is 2.57. The highest BCUT2D eigenvalue weighted by atomic mass is 19.3. The number of likely N-dealkylation sites (tertiary alicyclic amines) is 1. The zero-order chi connectivity index (χ0) is 17.9. The van der Waals surface area contributed by atoms with E-state index in [1.54, 1.807) is 4.90 Å². The van der Waals surface area contributed by atoms with E-state index in [2.05, 4.69) is 17.1 Å². The predicted molar refractivity (Wildman–Crippen MR) is 93.1 cm³/mol. The molecule has 1 saturated heterocycles. The Bertz CT molecular complexity index is 868. The van der Waals surface area contributed by atoms with Gasteiger partial charge in [0.15, 0.2) is 0 Å². The minimum Gasteiger partial charge on any atom is -0.368 e. The lowest BCUT2D eigenvalue weighted by atomic mass is 9.83. The Morgan fingerprint density at radius 3 is 2.73 bits per heavy atom. The molecular weight excluding hydrogens is 338 g/mol. The van der Waals surface area contributed by atoms with E-state index in [0.29, 0.717) is 32.5 Å². The molecule has 1 aromatic heterocycles. The average Bonchev–Trinajstić information content (AvgIpc) is 3.06. The van der Waals surface area contributed by atoms with Crippen molar-refractivity contribution >= 4 is 16.8 Å². The number of fused-ring (bicyclic) bond motifs is 4. The topological polar surface area (TPSA) is 45.3 Å². The van der Waals surface area contributed by atoms with Gasteiger partial charge in [0.05, 0.1) is 12.3 Å². The van der Waals surface area contributed by atoms with Crippen LogP contribution >= 0.6 is 0 Å². The number of alkyl halides is 2. The minimum atomic E-state index is -2.63. The van der Waals surface area contributed by atoms with Crippen LogP contribution in [-0.4, -0.2) is 41.4 Å². The van der Waals surface area contributed by atoms with Crippen LogP contribution in [0, 0.1) is 5.92 Å². The summed E-state index contributed by atoms with van der Waals surface area (Å²) in [6.45, 7) is 1.80. The fourth-order valence-electron chi connectivity index (χ4n) is 4.61. The van der Waals surface area contributed by atoms with Crippen molar-refractivity contribution in [1.82, 2.24) is 9.88 Å². The first-order chi connectivity index (χ1) is 12.5. The molecule has 2 aromatic rings. The number of benzene rings is 1. The Morgan fingerprint density at radius 1 is 1.27 bits per heavy atom. The maximum atomic E-state index is 13.1. The second-order valence-electron chi connectivity index (χ2n) is 7.86. The van der Waals surface area contributed by atoms with Crippen LogP contribution < -0.4 is 0 Å². The first-order valence-corrected chi connectivity index (χ1v) is 9.38. The highest BCUT2D eigenvalue weighted by molar-refractivity contribution is 5.85. The summed E-state index contributed by atoms with van der Waals surface area (Å²) in [5, 5.41) is 1.25. The molecule has 1 saturated carbocycles. The zero-order valence-electron chi connectivity index (χ0n) is 14.6. The Hall–Kier alpha value is -1.95. The largest absolute Gasteiger partial charge is 0.368 e. The minimum absolute atomic E-state index is 0.0293. The third-order valence-electron chi connectivity index (χ3n) is 6.30. The molecule has 5 rings (SSSR count). The van der Waals surface area contributed by atoms with Crippen LogP contribution in [0.2, 0.25) is 0 Å². The van der Waals surface area contributed by atoms with Crippen molar-refractivity contribution in [2.24, 2.45) is 5.92 Å². The molecular formula is C20H22F2N2O2. The molecule has 2 fully saturated rings. The third-order valence-corrected chi connectivity index (χ3v) is 6.30. The molecule has 1 unspecified atom stereocenters. The summed E-state index contributed by atoms with van der Waals surface area (Å²) in [7, 11) is 0. The van der Waals surface area contributed by atoms with Gasteiger partial charge in [-0.2, -0.15) is 0 Å². The number of rotatable bonds is 2. The van der Waals surface area contributed by atoms with E-state index in [4.69, 9.17) is 4.74 Å². The molecule has 3 heterocycles. The van der Waals surface area contributed by atoms with Crippen LogP contribution in [0.15, 0.2) is 24.3 Å². The standard InChI is InChI=1S/C20H22F2N2O2/c21-20(22)12-13(20)11-17(25)24-8-6-19(7-9-24)18-15(5-10-26-19)14-3-1-2-4-16(14)23-18/h1-4,13,23H,5-12H2. The van der Waals surface area contributed by atoms with E-state index < -0.39 is 11.8 Å². The summed E-state index contributed by atoms with van der Waals surface area (Å²) >= 11 is 0. The van der Waals surface area contributed by atoms with E-state index in [1.807, 2.05) is 12.1 Å². The molecule has 0 radical (unpaired) electrons. The van der Waals surface area contributed by atoms with Crippen LogP contribution in [0.5, 0.6) is 0 Å². The number of ether oxygens (including phenoxy) is 1. The first kappa shape index (κ1) is 16.2. The monoisotopic (exact) mass is 360 g/mol. The number of carbonyl (C=O) groups excluding carboxylic acids is 1. The molecule has 1 N–H and O–H groups in total. The van der Waals surface area contributed by atoms with Gasteiger partial charge >= 0.3 is 0 Å². The van der Waals surface area contributed by atoms with Gasteiger partial charge in [0.1, 0.15) is 5.60 Å². The molecule has 138 valence electrons. The second-order valence-corrected chi connectivity index (χ2v) is 7.86. The summed E-state index contributed by atoms with van der Waals surface area (Å²) in [6, 6.07) is 8.29. The van der Waals surface area contributed by atoms with Crippen LogP contribution in [0.1, 0.15) is 36.9 Å². The van der Waals surface area contributed by atoms with E-state index in [-0.39, 0.29) is 24.3 Å². The van der Waals surface area contributed by atoms with Gasteiger partial charge in [-0.05, 0) is 30.9 Å². The second kappa shape index (κ2) is 5.52. The normalized spacial score (nSPS) is 26.1. The molecule has 1 spiro atoms. The van der Waals surface area contributed by atoms with Gasteiger partial charge in [0.25, 0.3) is 5.92 Å². The molecule has 1 amide bonds. The fraction of sp³-hybridized carbons (Fsp3) is 0.550. The third kappa shape index (κ3) is 2.46. The molecule has 1 aliphatic carbocycles. The summed E-state index contributed by atoms with van der Waals surface area (Å²) in [4.78, 5) is 17.6. The first-order valence-electron chi connectivity index (χ1n) is 9.38. The molecule has 2 aliphatic heterocycles. The number of para-hydroxylation sites is 1. The average molecular weight is 360 g/mol. The molecule has 6 heteroatoms. The number of halogens is 2. The smallest absolute Gasteiger partial charge is 0.252 e. The van der Waals surface area contributed by atoms with Crippen molar-refractivity contribution < 1.29 is 18.3 Å². The molecule has 3 aliphatic rings. The summed E-state index contributed by atoms with van der Waals surface area (Å²) in [6.07, 6.45) is 2.14. The predicted octanol–water partition coefficient (Wildman–Crippen LogP) is 3.60. The summed E-state index contributed by atoms with van der Waals surface area (Å²) in [5.74, 6) is -3.52. The number of amides is 1. The summed E-state index contributed by atoms with van der Waals surface area (Å²) in [5.41, 5.74) is 3.21. The van der Waals surface area contributed by atoms with Crippen LogP contribution in [0.4, 0.5) is 8.78 Å². The van der Waals surface area contributed by atoms with Gasteiger partial charge < -0.3 is 14.6 Å². The maximum absolute atomic E-state index is 13.1. The maximum Gasteiger partial charge on any atom is 0.252 e. The van der Waals surface area contributed by atoms with Crippen molar-refractivity contribution in [3.05, 3.63) is 35.5 Å². The van der Waals surface area contributed by atoms with Gasteiger partial charge in [0, 0.05) is 42.8 Å². The van der Waals surface area contributed by atoms with Crippen LogP contribution in [0.25, 0.3) is 10.9 Å². The molecule has 26 heavy (non-hydrogen) atoms. The van der Waals surface area contributed by atoms with E-state index in [1.165, 1.54) is 10.9 Å². The number of hydrogen-bond donors (Lipinski definition) is 1. The number of hydrogen-bond acceptors (Lipinski definition) is 2. The van der Waals surface area contributed by atoms with Gasteiger partial charge in [0.2, 0.25) is 5.91 Å². The number of aromatic nitrogens is 1. The number of nitrogens with zero attached hydrogens (tertiary/aromatic N) is 1. The van der Waals surface area contributed by atoms with Crippen LogP contribution in [0.3, 0.4) is 0 Å². The number of aromatic amines is 1. The Morgan fingerprint density at radius 2 is 2.00 bits per heavy atom. The van der Waals surface area contributed by atoms with Crippen LogP contribution in [-0.2, 0) is 21.6 Å². The van der Waals surface area contributed by atoms with E-state index >= 15 is 0 Å². The molecule has 1 atom stereocenters. The Kier molecular flexibility index (Phi) is 3.45. The zero-order valence-corrected chi connectivity index (χ0v) is 14.6. The van der Waals surface area contributed by atoms with Crippen molar-refractivity contribution in [3.63, 3.8) is 0 Å². The van der Waals surface area contributed by atoms with Gasteiger partial charge in [-0.3, -0.25) is 4.79 Å². The number of H-pyrrole nitrogens is 1. The number of piperidine rings is 1. The number of nitrogens with one attached hydrogen (secondary N) is 1. The van der Waals surface area contributed by atoms with Crippen molar-refractivity contribution in [2.75, 3.05) is 19.7 Å². The SMILES string of the molecule is O=C(CC1CC1(F)F)N1CCC2(CC1)OCCc1c2[nH]c2ccccc12. The van der Waals surface area contributed by atoms with Gasteiger partial charge in [-0.15, -0.1) is 0 Å². The Labute approximate surface area is 150 Å². The Balaban J connectivity index is 1.34. The lowest BCUT2D eigenvalue weighted by molar-refractivity contribution is -0.142. The number of carbonyl (C=O) groups is 1. The molecule has 0 bridgehead atoms. The lowest BCUT2D eigenvalue weighted by Gasteiger charge is -2.43.